The van der Waals surface area contributed by atoms with Crippen LogP contribution >= 0.6 is 0 Å². The average molecular weight is 398 g/mol. The molecule has 0 aromatic heterocycles. The average Bonchev–Trinajstić information content (AvgIpc) is 2.76. The summed E-state index contributed by atoms with van der Waals surface area (Å²) >= 11 is 0. The van der Waals surface area contributed by atoms with Gasteiger partial charge in [0.1, 0.15) is 11.5 Å². The van der Waals surface area contributed by atoms with Crippen molar-refractivity contribution in [1.29, 1.82) is 0 Å². The number of benzene rings is 2. The highest BCUT2D eigenvalue weighted by Gasteiger charge is 2.09. The highest BCUT2D eigenvalue weighted by atomic mass is 16.5. The lowest BCUT2D eigenvalue weighted by Gasteiger charge is -2.08. The third-order valence-corrected chi connectivity index (χ3v) is 4.12. The molecule has 0 heterocycles. The number of carbonyl (C=O) groups excluding carboxylic acids is 2. The monoisotopic (exact) mass is 398 g/mol. The molecule has 0 amide bonds. The van der Waals surface area contributed by atoms with E-state index in [-0.39, 0.29) is 12.6 Å². The summed E-state index contributed by atoms with van der Waals surface area (Å²) in [7, 11) is 0. The van der Waals surface area contributed by atoms with E-state index in [0.29, 0.717) is 30.3 Å². The number of unbranched alkanes of at least 4 members (excludes halogenated alkanes) is 3. The Morgan fingerprint density at radius 3 is 2.10 bits per heavy atom. The Balaban J connectivity index is 1.65. The zero-order chi connectivity index (χ0) is 20.9. The van der Waals surface area contributed by atoms with Gasteiger partial charge < -0.3 is 19.3 Å². The van der Waals surface area contributed by atoms with Gasteiger partial charge in [-0.1, -0.05) is 18.7 Å². The molecule has 0 aliphatic rings. The molecule has 0 atom stereocenters. The number of aliphatic hydroxyl groups is 1. The van der Waals surface area contributed by atoms with Gasteiger partial charge in [0, 0.05) is 6.08 Å². The van der Waals surface area contributed by atoms with Crippen molar-refractivity contribution in [2.45, 2.75) is 32.3 Å². The molecule has 154 valence electrons. The van der Waals surface area contributed by atoms with Crippen LogP contribution in [0.3, 0.4) is 0 Å². The van der Waals surface area contributed by atoms with Crippen LogP contribution in [0.5, 0.6) is 11.5 Å². The fourth-order valence-electron chi connectivity index (χ4n) is 2.50. The maximum atomic E-state index is 12.2. The van der Waals surface area contributed by atoms with Gasteiger partial charge in [-0.15, -0.1) is 0 Å². The molecule has 0 saturated carbocycles. The van der Waals surface area contributed by atoms with Crippen LogP contribution in [0.2, 0.25) is 0 Å². The van der Waals surface area contributed by atoms with Gasteiger partial charge in [0.05, 0.1) is 25.4 Å². The van der Waals surface area contributed by atoms with E-state index in [4.69, 9.17) is 19.3 Å². The topological polar surface area (TPSA) is 82.1 Å². The van der Waals surface area contributed by atoms with E-state index in [2.05, 4.69) is 6.58 Å². The first kappa shape index (κ1) is 22.2. The molecule has 1 N–H and O–H groups in total. The van der Waals surface area contributed by atoms with Crippen LogP contribution in [0.25, 0.3) is 0 Å². The summed E-state index contributed by atoms with van der Waals surface area (Å²) in [5.74, 6) is 0.270. The molecule has 2 aromatic carbocycles. The summed E-state index contributed by atoms with van der Waals surface area (Å²) < 4.78 is 15.9. The molecule has 6 heteroatoms. The van der Waals surface area contributed by atoms with Gasteiger partial charge in [-0.2, -0.15) is 0 Å². The molecule has 29 heavy (non-hydrogen) atoms. The molecular weight excluding hydrogens is 372 g/mol. The quantitative estimate of drug-likeness (QED) is 0.251. The lowest BCUT2D eigenvalue weighted by Crippen LogP contribution is -2.08. The lowest BCUT2D eigenvalue weighted by molar-refractivity contribution is -0.137. The summed E-state index contributed by atoms with van der Waals surface area (Å²) in [5.41, 5.74) is 1.18. The first-order valence-electron chi connectivity index (χ1n) is 9.56. The third kappa shape index (κ3) is 8.19. The number of esters is 2. The first-order valence-corrected chi connectivity index (χ1v) is 9.56. The van der Waals surface area contributed by atoms with Crippen molar-refractivity contribution in [2.75, 3.05) is 13.2 Å². The molecule has 0 radical (unpaired) electrons. The Labute approximate surface area is 170 Å². The van der Waals surface area contributed by atoms with E-state index in [1.807, 2.05) is 0 Å². The van der Waals surface area contributed by atoms with Crippen molar-refractivity contribution < 1.29 is 28.9 Å². The zero-order valence-corrected chi connectivity index (χ0v) is 16.3. The van der Waals surface area contributed by atoms with Crippen molar-refractivity contribution in [3.05, 3.63) is 72.3 Å². The van der Waals surface area contributed by atoms with Gasteiger partial charge in [0.15, 0.2) is 0 Å². The van der Waals surface area contributed by atoms with E-state index in [1.54, 1.807) is 48.5 Å². The van der Waals surface area contributed by atoms with Gasteiger partial charge in [-0.3, -0.25) is 0 Å². The number of aliphatic hydroxyl groups excluding tert-OH is 1. The molecule has 0 fully saturated rings. The third-order valence-electron chi connectivity index (χ3n) is 4.12. The molecule has 0 spiro atoms. The Morgan fingerprint density at radius 2 is 1.48 bits per heavy atom. The van der Waals surface area contributed by atoms with Gasteiger partial charge >= 0.3 is 11.9 Å². The van der Waals surface area contributed by atoms with Crippen molar-refractivity contribution >= 4 is 11.9 Å². The SMILES string of the molecule is C=CC(=O)OCCCCCCOc1ccc(C(=O)Oc2ccc(CO)cc2)cc1. The summed E-state index contributed by atoms with van der Waals surface area (Å²) in [5, 5.41) is 9.03. The zero-order valence-electron chi connectivity index (χ0n) is 16.3. The summed E-state index contributed by atoms with van der Waals surface area (Å²) in [6.45, 7) is 4.28. The first-order chi connectivity index (χ1) is 14.1. The van der Waals surface area contributed by atoms with Gasteiger partial charge in [0.25, 0.3) is 0 Å². The highest BCUT2D eigenvalue weighted by molar-refractivity contribution is 5.91. The Kier molecular flexibility index (Phi) is 9.45. The van der Waals surface area contributed by atoms with Crippen LogP contribution in [-0.4, -0.2) is 30.3 Å². The molecule has 0 aliphatic heterocycles. The van der Waals surface area contributed by atoms with Crippen LogP contribution in [0.15, 0.2) is 61.2 Å². The number of hydrogen-bond donors (Lipinski definition) is 1. The minimum absolute atomic E-state index is 0.0547. The number of rotatable bonds is 12. The van der Waals surface area contributed by atoms with Crippen LogP contribution in [0.1, 0.15) is 41.6 Å². The predicted octanol–water partition coefficient (Wildman–Crippen LogP) is 4.07. The Hall–Kier alpha value is -3.12. The molecule has 2 rings (SSSR count). The van der Waals surface area contributed by atoms with Crippen molar-refractivity contribution in [3.63, 3.8) is 0 Å². The molecule has 0 unspecified atom stereocenters. The van der Waals surface area contributed by atoms with Crippen molar-refractivity contribution in [1.82, 2.24) is 0 Å². The minimum atomic E-state index is -0.453. The summed E-state index contributed by atoms with van der Waals surface area (Å²) in [6.07, 6.45) is 4.80. The van der Waals surface area contributed by atoms with Crippen LogP contribution in [-0.2, 0) is 16.1 Å². The molecule has 0 saturated heterocycles. The Bertz CT molecular complexity index is 780. The normalized spacial score (nSPS) is 10.2. The van der Waals surface area contributed by atoms with E-state index in [0.717, 1.165) is 37.3 Å². The van der Waals surface area contributed by atoms with E-state index in [9.17, 15) is 9.59 Å². The van der Waals surface area contributed by atoms with E-state index in [1.165, 1.54) is 0 Å². The maximum absolute atomic E-state index is 12.2. The number of ether oxygens (including phenoxy) is 3. The predicted molar refractivity (Wildman–Crippen MR) is 109 cm³/mol. The van der Waals surface area contributed by atoms with Crippen LogP contribution in [0, 0.1) is 0 Å². The lowest BCUT2D eigenvalue weighted by atomic mass is 10.2. The van der Waals surface area contributed by atoms with Crippen LogP contribution < -0.4 is 9.47 Å². The van der Waals surface area contributed by atoms with Crippen molar-refractivity contribution in [2.24, 2.45) is 0 Å². The van der Waals surface area contributed by atoms with Crippen LogP contribution in [0.4, 0.5) is 0 Å². The van der Waals surface area contributed by atoms with Gasteiger partial charge in [-0.25, -0.2) is 9.59 Å². The van der Waals surface area contributed by atoms with Crippen molar-refractivity contribution in [3.8, 4) is 11.5 Å². The fraction of sp³-hybridized carbons (Fsp3) is 0.304. The second kappa shape index (κ2) is 12.4. The Morgan fingerprint density at radius 1 is 0.862 bits per heavy atom. The smallest absolute Gasteiger partial charge is 0.343 e. The highest BCUT2D eigenvalue weighted by Crippen LogP contribution is 2.17. The molecular formula is C23H26O6. The minimum Gasteiger partial charge on any atom is -0.494 e. The molecule has 0 aliphatic carbocycles. The molecule has 2 aromatic rings. The molecule has 6 nitrogen and oxygen atoms in total. The standard InChI is InChI=1S/C23H26O6/c1-2-22(25)28-16-6-4-3-5-15-27-20-13-9-19(10-14-20)23(26)29-21-11-7-18(17-24)8-12-21/h2,7-14,24H,1,3-6,15-17H2. The largest absolute Gasteiger partial charge is 0.494 e. The maximum Gasteiger partial charge on any atom is 0.343 e. The van der Waals surface area contributed by atoms with E-state index < -0.39 is 5.97 Å². The van der Waals surface area contributed by atoms with Gasteiger partial charge in [-0.05, 0) is 67.6 Å². The van der Waals surface area contributed by atoms with Gasteiger partial charge in [0.2, 0.25) is 0 Å². The fourth-order valence-corrected chi connectivity index (χ4v) is 2.50. The number of carbonyl (C=O) groups is 2. The van der Waals surface area contributed by atoms with E-state index >= 15 is 0 Å². The summed E-state index contributed by atoms with van der Waals surface area (Å²) in [6, 6.07) is 13.5. The number of hydrogen-bond acceptors (Lipinski definition) is 6. The second-order valence-corrected chi connectivity index (χ2v) is 6.35. The molecule has 0 bridgehead atoms. The summed E-state index contributed by atoms with van der Waals surface area (Å²) in [4.78, 5) is 23.1. The second-order valence-electron chi connectivity index (χ2n) is 6.35.